The standard InChI is InChI=1S/C23H30N2O3/c1-16-11-13-19(14-12-16)25-21(26)15-20(23(25)28)24(18-9-5-6-10-18)22(27)17-7-3-2-4-8-17/h11-14,17-18,20H,2-10,15H2,1H3. The average Bonchev–Trinajstić information content (AvgIpc) is 3.33. The molecule has 3 fully saturated rings. The van der Waals surface area contributed by atoms with Crippen molar-refractivity contribution < 1.29 is 14.4 Å². The molecule has 28 heavy (non-hydrogen) atoms. The van der Waals surface area contributed by atoms with Crippen LogP contribution in [0, 0.1) is 12.8 Å². The van der Waals surface area contributed by atoms with Gasteiger partial charge in [0.15, 0.2) is 0 Å². The molecule has 1 heterocycles. The first-order chi connectivity index (χ1) is 13.6. The number of benzene rings is 1. The van der Waals surface area contributed by atoms with Crippen LogP contribution in [0.15, 0.2) is 24.3 Å². The average molecular weight is 383 g/mol. The van der Waals surface area contributed by atoms with Gasteiger partial charge in [0.2, 0.25) is 11.8 Å². The molecule has 1 atom stereocenters. The second-order valence-electron chi connectivity index (χ2n) is 8.64. The second-order valence-corrected chi connectivity index (χ2v) is 8.64. The van der Waals surface area contributed by atoms with Crippen molar-refractivity contribution in [3.05, 3.63) is 29.8 Å². The zero-order valence-electron chi connectivity index (χ0n) is 16.7. The molecule has 5 nitrogen and oxygen atoms in total. The molecule has 150 valence electrons. The first-order valence-corrected chi connectivity index (χ1v) is 10.8. The van der Waals surface area contributed by atoms with Crippen LogP contribution in [0.1, 0.15) is 69.8 Å². The number of anilines is 1. The Morgan fingerprint density at radius 2 is 1.54 bits per heavy atom. The van der Waals surface area contributed by atoms with Crippen LogP contribution in [0.25, 0.3) is 0 Å². The molecule has 3 aliphatic rings. The largest absolute Gasteiger partial charge is 0.327 e. The lowest BCUT2D eigenvalue weighted by molar-refractivity contribution is -0.145. The van der Waals surface area contributed by atoms with Crippen molar-refractivity contribution >= 4 is 23.4 Å². The van der Waals surface area contributed by atoms with E-state index in [9.17, 15) is 14.4 Å². The van der Waals surface area contributed by atoms with Crippen molar-refractivity contribution in [3.8, 4) is 0 Å². The van der Waals surface area contributed by atoms with E-state index in [1.807, 2.05) is 36.1 Å². The third kappa shape index (κ3) is 3.59. The molecule has 3 amide bonds. The van der Waals surface area contributed by atoms with E-state index in [-0.39, 0.29) is 36.1 Å². The summed E-state index contributed by atoms with van der Waals surface area (Å²) in [7, 11) is 0. The molecule has 0 aromatic heterocycles. The number of nitrogens with zero attached hydrogens (tertiary/aromatic N) is 2. The van der Waals surface area contributed by atoms with Gasteiger partial charge in [0.05, 0.1) is 12.1 Å². The number of hydrogen-bond acceptors (Lipinski definition) is 3. The van der Waals surface area contributed by atoms with Gasteiger partial charge in [0.25, 0.3) is 5.91 Å². The molecule has 4 rings (SSSR count). The molecule has 0 radical (unpaired) electrons. The minimum Gasteiger partial charge on any atom is -0.327 e. The first kappa shape index (κ1) is 19.2. The van der Waals surface area contributed by atoms with E-state index < -0.39 is 6.04 Å². The van der Waals surface area contributed by atoms with Gasteiger partial charge in [0, 0.05) is 12.0 Å². The maximum atomic E-state index is 13.5. The first-order valence-electron chi connectivity index (χ1n) is 10.8. The Hall–Kier alpha value is -2.17. The normalized spacial score (nSPS) is 24.2. The van der Waals surface area contributed by atoms with Crippen LogP contribution in [0.4, 0.5) is 5.69 Å². The van der Waals surface area contributed by atoms with Crippen molar-refractivity contribution in [3.63, 3.8) is 0 Å². The van der Waals surface area contributed by atoms with Gasteiger partial charge >= 0.3 is 0 Å². The summed E-state index contributed by atoms with van der Waals surface area (Å²) in [6.45, 7) is 1.98. The Kier molecular flexibility index (Phi) is 5.51. The maximum Gasteiger partial charge on any atom is 0.257 e. The summed E-state index contributed by atoms with van der Waals surface area (Å²) < 4.78 is 0. The quantitative estimate of drug-likeness (QED) is 0.740. The van der Waals surface area contributed by atoms with Gasteiger partial charge < -0.3 is 4.90 Å². The summed E-state index contributed by atoms with van der Waals surface area (Å²) in [5.41, 5.74) is 1.69. The van der Waals surface area contributed by atoms with E-state index in [4.69, 9.17) is 0 Å². The summed E-state index contributed by atoms with van der Waals surface area (Å²) in [5, 5.41) is 0. The van der Waals surface area contributed by atoms with Crippen LogP contribution < -0.4 is 4.90 Å². The number of hydrogen-bond donors (Lipinski definition) is 0. The number of amides is 3. The Morgan fingerprint density at radius 3 is 2.18 bits per heavy atom. The molecule has 0 N–H and O–H groups in total. The third-order valence-corrected chi connectivity index (χ3v) is 6.68. The molecule has 2 aliphatic carbocycles. The van der Waals surface area contributed by atoms with Crippen LogP contribution in [-0.4, -0.2) is 34.7 Å². The molecule has 1 unspecified atom stereocenters. The summed E-state index contributed by atoms with van der Waals surface area (Å²) >= 11 is 0. The fourth-order valence-corrected chi connectivity index (χ4v) is 5.13. The lowest BCUT2D eigenvalue weighted by atomic mass is 9.87. The Bertz CT molecular complexity index is 746. The molecule has 5 heteroatoms. The third-order valence-electron chi connectivity index (χ3n) is 6.68. The Balaban J connectivity index is 1.60. The number of aryl methyl sites for hydroxylation is 1. The monoisotopic (exact) mass is 382 g/mol. The molecular weight excluding hydrogens is 352 g/mol. The zero-order valence-corrected chi connectivity index (χ0v) is 16.7. The topological polar surface area (TPSA) is 57.7 Å². The minimum absolute atomic E-state index is 0.0191. The SMILES string of the molecule is Cc1ccc(N2C(=O)CC(N(C(=O)C3CCCCC3)C3CCCC3)C2=O)cc1. The summed E-state index contributed by atoms with van der Waals surface area (Å²) in [4.78, 5) is 42.7. The number of carbonyl (C=O) groups excluding carboxylic acids is 3. The predicted octanol–water partition coefficient (Wildman–Crippen LogP) is 3.98. The minimum atomic E-state index is -0.633. The number of imide groups is 1. The van der Waals surface area contributed by atoms with Gasteiger partial charge in [-0.25, -0.2) is 4.90 Å². The van der Waals surface area contributed by atoms with Gasteiger partial charge in [-0.05, 0) is 44.7 Å². The predicted molar refractivity (Wildman–Crippen MR) is 108 cm³/mol. The van der Waals surface area contributed by atoms with Crippen LogP contribution in [0.3, 0.4) is 0 Å². The zero-order chi connectivity index (χ0) is 19.7. The van der Waals surface area contributed by atoms with Crippen molar-refractivity contribution in [2.75, 3.05) is 4.90 Å². The van der Waals surface area contributed by atoms with Crippen molar-refractivity contribution in [1.29, 1.82) is 0 Å². The molecule has 0 bridgehead atoms. The molecule has 2 saturated carbocycles. The second kappa shape index (κ2) is 8.06. The van der Waals surface area contributed by atoms with Gasteiger partial charge in [-0.15, -0.1) is 0 Å². The molecule has 1 aromatic rings. The fraction of sp³-hybridized carbons (Fsp3) is 0.609. The Labute approximate surface area is 167 Å². The molecule has 1 aliphatic heterocycles. The molecule has 1 aromatic carbocycles. The van der Waals surface area contributed by atoms with Crippen LogP contribution >= 0.6 is 0 Å². The number of carbonyl (C=O) groups is 3. The maximum absolute atomic E-state index is 13.5. The molecule has 1 saturated heterocycles. The van der Waals surface area contributed by atoms with Gasteiger partial charge in [0.1, 0.15) is 6.04 Å². The van der Waals surface area contributed by atoms with Crippen molar-refractivity contribution in [1.82, 2.24) is 4.90 Å². The summed E-state index contributed by atoms with van der Waals surface area (Å²) in [6.07, 6.45) is 9.38. The van der Waals surface area contributed by atoms with Crippen LogP contribution in [0.2, 0.25) is 0 Å². The summed E-state index contributed by atoms with van der Waals surface area (Å²) in [5.74, 6) is -0.294. The fourth-order valence-electron chi connectivity index (χ4n) is 5.13. The lowest BCUT2D eigenvalue weighted by Gasteiger charge is -2.36. The van der Waals surface area contributed by atoms with Crippen LogP contribution in [-0.2, 0) is 14.4 Å². The van der Waals surface area contributed by atoms with Crippen molar-refractivity contribution in [2.45, 2.75) is 83.2 Å². The highest BCUT2D eigenvalue weighted by Crippen LogP contribution is 2.35. The van der Waals surface area contributed by atoms with E-state index >= 15 is 0 Å². The van der Waals surface area contributed by atoms with E-state index in [1.165, 1.54) is 11.3 Å². The smallest absolute Gasteiger partial charge is 0.257 e. The van der Waals surface area contributed by atoms with Crippen molar-refractivity contribution in [2.24, 2.45) is 5.92 Å². The van der Waals surface area contributed by atoms with Gasteiger partial charge in [-0.3, -0.25) is 14.4 Å². The molecule has 0 spiro atoms. The highest BCUT2D eigenvalue weighted by molar-refractivity contribution is 6.23. The van der Waals surface area contributed by atoms with E-state index in [0.717, 1.165) is 56.9 Å². The lowest BCUT2D eigenvalue weighted by Crippen LogP contribution is -2.52. The number of rotatable bonds is 4. The van der Waals surface area contributed by atoms with E-state index in [2.05, 4.69) is 0 Å². The molecular formula is C23H30N2O3. The highest BCUT2D eigenvalue weighted by atomic mass is 16.2. The van der Waals surface area contributed by atoms with E-state index in [1.54, 1.807) is 0 Å². The van der Waals surface area contributed by atoms with Gasteiger partial charge in [-0.2, -0.15) is 0 Å². The highest BCUT2D eigenvalue weighted by Gasteiger charge is 2.47. The van der Waals surface area contributed by atoms with E-state index in [0.29, 0.717) is 5.69 Å². The summed E-state index contributed by atoms with van der Waals surface area (Å²) in [6, 6.07) is 6.92. The van der Waals surface area contributed by atoms with Gasteiger partial charge in [-0.1, -0.05) is 49.8 Å². The Morgan fingerprint density at radius 1 is 0.929 bits per heavy atom. The van der Waals surface area contributed by atoms with Crippen LogP contribution in [0.5, 0.6) is 0 Å².